The van der Waals surface area contributed by atoms with Crippen LogP contribution >= 0.6 is 11.6 Å². The van der Waals surface area contributed by atoms with Crippen LogP contribution in [0.2, 0.25) is 5.15 Å². The molecule has 2 aliphatic rings. The third kappa shape index (κ3) is 2.71. The van der Waals surface area contributed by atoms with E-state index in [4.69, 9.17) is 16.1 Å². The van der Waals surface area contributed by atoms with Gasteiger partial charge in [-0.3, -0.25) is 9.36 Å². The van der Waals surface area contributed by atoms with Crippen molar-refractivity contribution in [2.75, 3.05) is 18.0 Å². The molecule has 1 saturated heterocycles. The SMILES string of the molecule is Cn1cnc2ncn(Cc3nc([C@H]4[C@@H]5CN(c6ccnc(Cl)c6)C[C@@H]54)no3)c(=O)c21. The van der Waals surface area contributed by atoms with Gasteiger partial charge < -0.3 is 14.0 Å². The number of aromatic nitrogens is 7. The first-order valence-electron chi connectivity index (χ1n) is 9.64. The summed E-state index contributed by atoms with van der Waals surface area (Å²) in [4.78, 5) is 31.9. The van der Waals surface area contributed by atoms with E-state index in [0.29, 0.717) is 40.0 Å². The second-order valence-corrected chi connectivity index (χ2v) is 8.23. The molecular formula is C19H17ClN8O2. The maximum atomic E-state index is 12.7. The molecular weight excluding hydrogens is 408 g/mol. The summed E-state index contributed by atoms with van der Waals surface area (Å²) in [6, 6.07) is 3.86. The molecule has 0 spiro atoms. The van der Waals surface area contributed by atoms with E-state index in [1.165, 1.54) is 10.9 Å². The highest BCUT2D eigenvalue weighted by molar-refractivity contribution is 6.29. The van der Waals surface area contributed by atoms with Crippen LogP contribution in [0.25, 0.3) is 11.2 Å². The zero-order chi connectivity index (χ0) is 20.4. The number of fused-ring (bicyclic) bond motifs is 2. The topological polar surface area (TPSA) is 108 Å². The molecule has 0 bridgehead atoms. The summed E-state index contributed by atoms with van der Waals surface area (Å²) in [5.41, 5.74) is 1.78. The van der Waals surface area contributed by atoms with Crippen LogP contribution in [0.4, 0.5) is 5.69 Å². The normalized spacial score (nSPS) is 22.6. The third-order valence-corrected chi connectivity index (χ3v) is 6.26. The molecule has 2 fully saturated rings. The molecule has 0 aromatic carbocycles. The van der Waals surface area contributed by atoms with Crippen molar-refractivity contribution in [2.24, 2.45) is 18.9 Å². The van der Waals surface area contributed by atoms with E-state index in [9.17, 15) is 4.79 Å². The van der Waals surface area contributed by atoms with Gasteiger partial charge in [0.1, 0.15) is 18.0 Å². The van der Waals surface area contributed by atoms with Crippen LogP contribution < -0.4 is 10.5 Å². The second-order valence-electron chi connectivity index (χ2n) is 7.85. The number of hydrogen-bond acceptors (Lipinski definition) is 8. The number of piperidine rings is 1. The van der Waals surface area contributed by atoms with E-state index in [1.807, 2.05) is 12.1 Å². The van der Waals surface area contributed by atoms with Crippen molar-refractivity contribution in [3.8, 4) is 0 Å². The Morgan fingerprint density at radius 3 is 2.80 bits per heavy atom. The Morgan fingerprint density at radius 2 is 2.00 bits per heavy atom. The number of rotatable bonds is 4. The summed E-state index contributed by atoms with van der Waals surface area (Å²) in [6.45, 7) is 2.05. The van der Waals surface area contributed by atoms with Gasteiger partial charge in [0.05, 0.1) is 6.33 Å². The molecule has 10 nitrogen and oxygen atoms in total. The first-order chi connectivity index (χ1) is 14.6. The van der Waals surface area contributed by atoms with Gasteiger partial charge in [-0.25, -0.2) is 15.0 Å². The maximum Gasteiger partial charge on any atom is 0.280 e. The molecule has 0 unspecified atom stereocenters. The van der Waals surface area contributed by atoms with Crippen LogP contribution in [0.3, 0.4) is 0 Å². The fraction of sp³-hybridized carbons (Fsp3) is 0.368. The zero-order valence-electron chi connectivity index (χ0n) is 16.0. The molecule has 4 aromatic heterocycles. The third-order valence-electron chi connectivity index (χ3n) is 6.06. The van der Waals surface area contributed by atoms with Crippen LogP contribution in [-0.2, 0) is 13.6 Å². The van der Waals surface area contributed by atoms with Crippen LogP contribution in [-0.4, -0.2) is 47.3 Å². The van der Waals surface area contributed by atoms with E-state index in [-0.39, 0.29) is 12.1 Å². The number of nitrogens with zero attached hydrogens (tertiary/aromatic N) is 8. The van der Waals surface area contributed by atoms with Crippen molar-refractivity contribution in [2.45, 2.75) is 12.5 Å². The minimum atomic E-state index is -0.185. The fourth-order valence-corrected chi connectivity index (χ4v) is 4.67. The lowest BCUT2D eigenvalue weighted by Crippen LogP contribution is -2.24. The minimum absolute atomic E-state index is 0.184. The Morgan fingerprint density at radius 1 is 1.20 bits per heavy atom. The zero-order valence-corrected chi connectivity index (χ0v) is 16.8. The average molecular weight is 425 g/mol. The van der Waals surface area contributed by atoms with Crippen molar-refractivity contribution >= 4 is 28.5 Å². The summed E-state index contributed by atoms with van der Waals surface area (Å²) in [5, 5.41) is 4.68. The van der Waals surface area contributed by atoms with Crippen LogP contribution in [0.5, 0.6) is 0 Å². The molecule has 1 aliphatic heterocycles. The number of hydrogen-bond donors (Lipinski definition) is 0. The van der Waals surface area contributed by atoms with E-state index in [2.05, 4.69) is 30.0 Å². The summed E-state index contributed by atoms with van der Waals surface area (Å²) in [7, 11) is 1.77. The molecule has 30 heavy (non-hydrogen) atoms. The Balaban J connectivity index is 1.17. The van der Waals surface area contributed by atoms with Crippen LogP contribution in [0, 0.1) is 11.8 Å². The largest absolute Gasteiger partial charge is 0.371 e. The smallest absolute Gasteiger partial charge is 0.280 e. The fourth-order valence-electron chi connectivity index (χ4n) is 4.51. The van der Waals surface area contributed by atoms with Gasteiger partial charge in [0, 0.05) is 37.9 Å². The number of anilines is 1. The minimum Gasteiger partial charge on any atom is -0.371 e. The van der Waals surface area contributed by atoms with Crippen molar-refractivity contribution in [3.63, 3.8) is 0 Å². The highest BCUT2D eigenvalue weighted by Gasteiger charge is 2.58. The van der Waals surface area contributed by atoms with Crippen LogP contribution in [0.15, 0.2) is 40.3 Å². The van der Waals surface area contributed by atoms with E-state index in [0.717, 1.165) is 24.6 Å². The van der Waals surface area contributed by atoms with Gasteiger partial charge in [0.25, 0.3) is 5.56 Å². The first kappa shape index (κ1) is 17.6. The second kappa shape index (κ2) is 6.36. The molecule has 4 aromatic rings. The van der Waals surface area contributed by atoms with Gasteiger partial charge >= 0.3 is 0 Å². The number of halogens is 1. The lowest BCUT2D eigenvalue weighted by atomic mass is 10.2. The van der Waals surface area contributed by atoms with Crippen molar-refractivity contribution < 1.29 is 4.52 Å². The van der Waals surface area contributed by atoms with Crippen molar-refractivity contribution in [3.05, 3.63) is 58.2 Å². The molecule has 5 heterocycles. The Kier molecular flexibility index (Phi) is 3.73. The van der Waals surface area contributed by atoms with E-state index in [1.54, 1.807) is 24.1 Å². The lowest BCUT2D eigenvalue weighted by molar-refractivity contribution is 0.363. The van der Waals surface area contributed by atoms with Gasteiger partial charge in [-0.05, 0) is 24.0 Å². The molecule has 0 N–H and O–H groups in total. The Hall–Kier alpha value is -3.27. The van der Waals surface area contributed by atoms with E-state index < -0.39 is 0 Å². The monoisotopic (exact) mass is 424 g/mol. The predicted molar refractivity (Wildman–Crippen MR) is 107 cm³/mol. The molecule has 1 saturated carbocycles. The number of pyridine rings is 1. The lowest BCUT2D eigenvalue weighted by Gasteiger charge is -2.21. The molecule has 152 valence electrons. The number of aryl methyl sites for hydroxylation is 1. The van der Waals surface area contributed by atoms with E-state index >= 15 is 0 Å². The summed E-state index contributed by atoms with van der Waals surface area (Å²) < 4.78 is 8.55. The average Bonchev–Trinajstić information content (AvgIpc) is 3.16. The molecule has 0 amide bonds. The standard InChI is InChI=1S/C19H17ClN8O2/c1-26-8-22-18-16(26)19(29)28(9-23-18)7-14-24-17(25-30-14)15-11-5-27(6-12(11)15)10-2-3-21-13(20)4-10/h2-4,8-9,11-12,15H,5-7H2,1H3/t11-,12+,15+. The van der Waals surface area contributed by atoms with Gasteiger partial charge in [0.15, 0.2) is 17.0 Å². The van der Waals surface area contributed by atoms with Gasteiger partial charge in [-0.1, -0.05) is 16.8 Å². The Bertz CT molecular complexity index is 1320. The molecule has 3 atom stereocenters. The van der Waals surface area contributed by atoms with Crippen LogP contribution in [0.1, 0.15) is 17.6 Å². The maximum absolute atomic E-state index is 12.7. The quantitative estimate of drug-likeness (QED) is 0.453. The number of imidazole rings is 1. The highest BCUT2D eigenvalue weighted by atomic mass is 35.5. The van der Waals surface area contributed by atoms with Gasteiger partial charge in [-0.2, -0.15) is 4.98 Å². The molecule has 1 aliphatic carbocycles. The summed E-state index contributed by atoms with van der Waals surface area (Å²) in [6.07, 6.45) is 4.76. The summed E-state index contributed by atoms with van der Waals surface area (Å²) >= 11 is 6.01. The highest BCUT2D eigenvalue weighted by Crippen LogP contribution is 2.57. The molecule has 0 radical (unpaired) electrons. The van der Waals surface area contributed by atoms with Crippen molar-refractivity contribution in [1.82, 2.24) is 34.2 Å². The molecule has 6 rings (SSSR count). The Labute approximate surface area is 175 Å². The van der Waals surface area contributed by atoms with Gasteiger partial charge in [0.2, 0.25) is 5.89 Å². The first-order valence-corrected chi connectivity index (χ1v) is 10.0. The summed E-state index contributed by atoms with van der Waals surface area (Å²) in [5.74, 6) is 2.41. The molecule has 11 heteroatoms. The van der Waals surface area contributed by atoms with Gasteiger partial charge in [-0.15, -0.1) is 0 Å². The van der Waals surface area contributed by atoms with Crippen molar-refractivity contribution in [1.29, 1.82) is 0 Å². The predicted octanol–water partition coefficient (Wildman–Crippen LogP) is 1.46.